The number of carbonyl (C=O) groups excluding carboxylic acids is 2. The summed E-state index contributed by atoms with van der Waals surface area (Å²) in [5.41, 5.74) is 12.4. The summed E-state index contributed by atoms with van der Waals surface area (Å²) in [7, 11) is 0. The maximum Gasteiger partial charge on any atom is 0.268 e. The van der Waals surface area contributed by atoms with Gasteiger partial charge in [0.1, 0.15) is 0 Å². The van der Waals surface area contributed by atoms with Crippen LogP contribution >= 0.6 is 0 Å². The molecule has 0 fully saturated rings. The maximum atomic E-state index is 15.4. The molecular formula is C50H33N3O2. The van der Waals surface area contributed by atoms with Crippen LogP contribution < -0.4 is 4.90 Å². The second kappa shape index (κ2) is 12.9. The van der Waals surface area contributed by atoms with Gasteiger partial charge in [-0.3, -0.25) is 14.6 Å². The molecule has 260 valence electrons. The fraction of sp³-hybridized carbons (Fsp3) is 0.0200. The summed E-state index contributed by atoms with van der Waals surface area (Å²) in [6.45, 7) is 2.06. The second-order valence-corrected chi connectivity index (χ2v) is 13.9. The van der Waals surface area contributed by atoms with Crippen molar-refractivity contribution < 1.29 is 9.59 Å². The lowest BCUT2D eigenvalue weighted by atomic mass is 9.90. The first kappa shape index (κ1) is 32.3. The van der Waals surface area contributed by atoms with Gasteiger partial charge in [0.2, 0.25) is 0 Å². The number of carbonyl (C=O) groups is 2. The number of benzene rings is 7. The molecule has 2 aromatic heterocycles. The molecule has 7 aromatic carbocycles. The van der Waals surface area contributed by atoms with E-state index in [1.165, 1.54) is 4.90 Å². The van der Waals surface area contributed by atoms with Crippen LogP contribution in [-0.4, -0.2) is 21.4 Å². The van der Waals surface area contributed by atoms with Gasteiger partial charge in [0.15, 0.2) is 0 Å². The van der Waals surface area contributed by atoms with E-state index in [0.29, 0.717) is 22.5 Å². The summed E-state index contributed by atoms with van der Waals surface area (Å²) < 4.78 is 2.17. The molecule has 2 amide bonds. The number of hydrogen-bond donors (Lipinski definition) is 0. The molecule has 9 aromatic rings. The summed E-state index contributed by atoms with van der Waals surface area (Å²) in [5.74, 6) is -0.712. The molecule has 55 heavy (non-hydrogen) atoms. The van der Waals surface area contributed by atoms with E-state index in [2.05, 4.69) is 71.1 Å². The van der Waals surface area contributed by atoms with Crippen molar-refractivity contribution in [3.63, 3.8) is 0 Å². The van der Waals surface area contributed by atoms with Gasteiger partial charge in [-0.15, -0.1) is 0 Å². The van der Waals surface area contributed by atoms with Crippen molar-refractivity contribution in [3.05, 3.63) is 199 Å². The van der Waals surface area contributed by atoms with Crippen LogP contribution in [0.1, 0.15) is 26.3 Å². The number of pyridine rings is 1. The third-order valence-corrected chi connectivity index (χ3v) is 10.7. The Kier molecular flexibility index (Phi) is 7.60. The number of aromatic nitrogens is 2. The maximum absolute atomic E-state index is 15.4. The Morgan fingerprint density at radius 3 is 1.73 bits per heavy atom. The van der Waals surface area contributed by atoms with E-state index in [1.807, 2.05) is 122 Å². The van der Waals surface area contributed by atoms with E-state index in [-0.39, 0.29) is 11.8 Å². The molecule has 1 aliphatic rings. The summed E-state index contributed by atoms with van der Waals surface area (Å²) >= 11 is 0. The number of hydrogen-bond acceptors (Lipinski definition) is 3. The first-order valence-electron chi connectivity index (χ1n) is 18.4. The average Bonchev–Trinajstić information content (AvgIpc) is 3.72. The van der Waals surface area contributed by atoms with E-state index in [1.54, 1.807) is 6.07 Å². The molecule has 0 radical (unpaired) electrons. The van der Waals surface area contributed by atoms with E-state index in [4.69, 9.17) is 0 Å². The van der Waals surface area contributed by atoms with Gasteiger partial charge in [-0.05, 0) is 76.7 Å². The standard InChI is InChI=1S/C50H33N3O2/c1-32-31-51-28-27-37(32)39-22-13-23-40-38-21-11-12-25-44(38)52(47(39)40)45-26-14-24-41-46(45)50(55)53(49(41)54)48-42(34-17-7-3-8-18-34)29-36(33-15-5-2-6-16-33)30-43(48)35-19-9-4-10-20-35/h2-31H,1H3. The molecule has 0 bridgehead atoms. The molecule has 5 nitrogen and oxygen atoms in total. The molecule has 3 heterocycles. The third kappa shape index (κ3) is 5.12. The Bertz CT molecular complexity index is 2910. The zero-order valence-electron chi connectivity index (χ0n) is 30.0. The Balaban J connectivity index is 1.25. The number of rotatable bonds is 6. The highest BCUT2D eigenvalue weighted by Gasteiger charge is 2.42. The highest BCUT2D eigenvalue weighted by molar-refractivity contribution is 6.37. The van der Waals surface area contributed by atoms with Crippen molar-refractivity contribution in [1.82, 2.24) is 9.55 Å². The van der Waals surface area contributed by atoms with E-state index in [0.717, 1.165) is 71.9 Å². The first-order valence-corrected chi connectivity index (χ1v) is 18.4. The summed E-state index contributed by atoms with van der Waals surface area (Å²) in [6, 6.07) is 56.7. The average molecular weight is 708 g/mol. The van der Waals surface area contributed by atoms with Crippen molar-refractivity contribution in [2.75, 3.05) is 4.90 Å². The summed E-state index contributed by atoms with van der Waals surface area (Å²) in [5, 5.41) is 2.12. The predicted octanol–water partition coefficient (Wildman–Crippen LogP) is 12.0. The Morgan fingerprint density at radius 1 is 0.473 bits per heavy atom. The van der Waals surface area contributed by atoms with E-state index < -0.39 is 0 Å². The number of fused-ring (bicyclic) bond motifs is 4. The Labute approximate surface area is 318 Å². The predicted molar refractivity (Wildman–Crippen MR) is 223 cm³/mol. The minimum Gasteiger partial charge on any atom is -0.308 e. The lowest BCUT2D eigenvalue weighted by molar-refractivity contribution is 0.0926. The topological polar surface area (TPSA) is 55.2 Å². The van der Waals surface area contributed by atoms with Crippen LogP contribution in [-0.2, 0) is 0 Å². The minimum absolute atomic E-state index is 0.352. The highest BCUT2D eigenvalue weighted by Crippen LogP contribution is 2.47. The van der Waals surface area contributed by atoms with Gasteiger partial charge in [0.25, 0.3) is 11.8 Å². The molecule has 0 aliphatic carbocycles. The van der Waals surface area contributed by atoms with E-state index in [9.17, 15) is 0 Å². The molecule has 1 aliphatic heterocycles. The van der Waals surface area contributed by atoms with Crippen molar-refractivity contribution >= 4 is 39.3 Å². The van der Waals surface area contributed by atoms with Crippen LogP contribution in [0.2, 0.25) is 0 Å². The lowest BCUT2D eigenvalue weighted by Gasteiger charge is -2.24. The van der Waals surface area contributed by atoms with Crippen LogP contribution in [0.15, 0.2) is 182 Å². The van der Waals surface area contributed by atoms with Gasteiger partial charge < -0.3 is 4.57 Å². The second-order valence-electron chi connectivity index (χ2n) is 13.9. The van der Waals surface area contributed by atoms with Crippen molar-refractivity contribution in [2.24, 2.45) is 0 Å². The molecule has 0 spiro atoms. The van der Waals surface area contributed by atoms with Crippen LogP contribution in [0.4, 0.5) is 5.69 Å². The number of nitrogens with zero attached hydrogens (tertiary/aromatic N) is 3. The van der Waals surface area contributed by atoms with Gasteiger partial charge in [0, 0.05) is 39.9 Å². The zero-order chi connectivity index (χ0) is 37.0. The number of aryl methyl sites for hydroxylation is 1. The first-order chi connectivity index (χ1) is 27.1. The SMILES string of the molecule is Cc1cnccc1-c1cccc2c3ccccc3n(-c3cccc4c3C(=O)N(c3c(-c5ccccc5)cc(-c5ccccc5)cc3-c3ccccc3)C4=O)c12. The van der Waals surface area contributed by atoms with Gasteiger partial charge in [-0.1, -0.05) is 133 Å². The molecule has 0 unspecified atom stereocenters. The zero-order valence-corrected chi connectivity index (χ0v) is 30.0. The van der Waals surface area contributed by atoms with Gasteiger partial charge >= 0.3 is 0 Å². The number of imide groups is 1. The fourth-order valence-electron chi connectivity index (χ4n) is 8.27. The van der Waals surface area contributed by atoms with Crippen LogP contribution in [0.5, 0.6) is 0 Å². The smallest absolute Gasteiger partial charge is 0.268 e. The number of amides is 2. The number of anilines is 1. The Morgan fingerprint density at radius 2 is 1.05 bits per heavy atom. The molecule has 10 rings (SSSR count). The molecule has 0 atom stereocenters. The normalized spacial score (nSPS) is 12.5. The molecular weight excluding hydrogens is 675 g/mol. The van der Waals surface area contributed by atoms with Gasteiger partial charge in [-0.25, -0.2) is 4.90 Å². The van der Waals surface area contributed by atoms with Gasteiger partial charge in [0.05, 0.1) is 33.5 Å². The largest absolute Gasteiger partial charge is 0.308 e. The van der Waals surface area contributed by atoms with Crippen LogP contribution in [0.25, 0.3) is 72.0 Å². The van der Waals surface area contributed by atoms with E-state index >= 15 is 9.59 Å². The highest BCUT2D eigenvalue weighted by atomic mass is 16.2. The summed E-state index contributed by atoms with van der Waals surface area (Å²) in [6.07, 6.45) is 3.69. The summed E-state index contributed by atoms with van der Waals surface area (Å²) in [4.78, 5) is 36.2. The fourth-order valence-corrected chi connectivity index (χ4v) is 8.27. The van der Waals surface area contributed by atoms with Crippen molar-refractivity contribution in [2.45, 2.75) is 6.92 Å². The lowest BCUT2D eigenvalue weighted by Crippen LogP contribution is -2.30. The molecule has 0 saturated carbocycles. The van der Waals surface area contributed by atoms with Gasteiger partial charge in [-0.2, -0.15) is 0 Å². The minimum atomic E-state index is -0.360. The monoisotopic (exact) mass is 707 g/mol. The van der Waals surface area contributed by atoms with Crippen LogP contribution in [0.3, 0.4) is 0 Å². The molecule has 0 saturated heterocycles. The molecule has 0 N–H and O–H groups in total. The third-order valence-electron chi connectivity index (χ3n) is 10.7. The van der Waals surface area contributed by atoms with Crippen molar-refractivity contribution in [1.29, 1.82) is 0 Å². The molecule has 5 heteroatoms. The Hall–Kier alpha value is -7.37. The number of para-hydroxylation sites is 2. The quantitative estimate of drug-likeness (QED) is 0.162. The van der Waals surface area contributed by atoms with Crippen molar-refractivity contribution in [3.8, 4) is 50.2 Å². The van der Waals surface area contributed by atoms with Crippen LogP contribution in [0, 0.1) is 6.92 Å².